The number of nitrogens with one attached hydrogen (secondary N) is 2. The fourth-order valence-electron chi connectivity index (χ4n) is 0.449. The lowest BCUT2D eigenvalue weighted by Gasteiger charge is -1.80. The Hall–Kier alpha value is -1.52. The van der Waals surface area contributed by atoms with Gasteiger partial charge in [0.05, 0.1) is 0 Å². The van der Waals surface area contributed by atoms with E-state index in [1.54, 1.807) is 0 Å². The molecule has 0 radical (unpaired) electrons. The summed E-state index contributed by atoms with van der Waals surface area (Å²) in [5, 5.41) is 10.9. The van der Waals surface area contributed by atoms with Gasteiger partial charge in [-0.25, -0.2) is 4.79 Å². The van der Waals surface area contributed by atoms with Crippen LogP contribution in [0.2, 0.25) is 0 Å². The van der Waals surface area contributed by atoms with E-state index in [0.29, 0.717) is 0 Å². The highest BCUT2D eigenvalue weighted by Crippen LogP contribution is 1.54. The Kier molecular flexibility index (Phi) is 1.35. The fraction of sp³-hybridized carbons (Fsp3) is 0. The molecular formula is C4H5N3O2. The van der Waals surface area contributed by atoms with Crippen LogP contribution >= 0.6 is 0 Å². The predicted octanol–water partition coefficient (Wildman–Crippen LogP) is -1.01. The summed E-state index contributed by atoms with van der Waals surface area (Å²) < 4.78 is 0. The van der Waals surface area contributed by atoms with Gasteiger partial charge in [-0.15, -0.1) is 0 Å². The first kappa shape index (κ1) is 5.61. The molecule has 0 saturated heterocycles. The smallest absolute Gasteiger partial charge is 0.324 e. The predicted molar refractivity (Wildman–Crippen MR) is 28.8 cm³/mol. The van der Waals surface area contributed by atoms with Crippen molar-refractivity contribution in [2.45, 2.75) is 0 Å². The zero-order chi connectivity index (χ0) is 6.69. The maximum atomic E-state index is 10.4. The van der Waals surface area contributed by atoms with E-state index < -0.39 is 5.69 Å². The summed E-state index contributed by atoms with van der Waals surface area (Å²) in [7, 11) is 0. The maximum Gasteiger partial charge on any atom is 0.324 e. The van der Waals surface area contributed by atoms with Crippen LogP contribution in [-0.2, 0) is 0 Å². The van der Waals surface area contributed by atoms with Gasteiger partial charge in [-0.3, -0.25) is 4.98 Å². The number of rotatable bonds is 0. The van der Waals surface area contributed by atoms with Crippen LogP contribution < -0.4 is 11.2 Å². The number of hydrogen-bond acceptors (Lipinski definition) is 3. The van der Waals surface area contributed by atoms with Gasteiger partial charge in [0.15, 0.2) is 5.49 Å². The standard InChI is InChI=1S/C4H5N3O2/c8-4-5-2-1-3(6-4)7-9/h1-2,9H,(H2,5,6,7,8). The van der Waals surface area contributed by atoms with Crippen molar-refractivity contribution in [3.05, 3.63) is 28.2 Å². The van der Waals surface area contributed by atoms with Crippen LogP contribution in [-0.4, -0.2) is 15.2 Å². The van der Waals surface area contributed by atoms with E-state index in [9.17, 15) is 4.79 Å². The SMILES string of the molecule is O=c1[nH]cc/c(=N\O)[nH]1. The number of aromatic nitrogens is 2. The molecule has 0 aliphatic rings. The highest BCUT2D eigenvalue weighted by molar-refractivity contribution is 4.76. The number of hydrogen-bond donors (Lipinski definition) is 3. The molecule has 0 spiro atoms. The van der Waals surface area contributed by atoms with E-state index in [1.165, 1.54) is 12.3 Å². The highest BCUT2D eigenvalue weighted by Gasteiger charge is 1.78. The van der Waals surface area contributed by atoms with Crippen molar-refractivity contribution in [1.82, 2.24) is 9.97 Å². The number of H-pyrrole nitrogens is 2. The molecule has 0 unspecified atom stereocenters. The van der Waals surface area contributed by atoms with Crippen molar-refractivity contribution in [3.63, 3.8) is 0 Å². The third-order valence-corrected chi connectivity index (χ3v) is 0.805. The molecule has 0 aliphatic carbocycles. The van der Waals surface area contributed by atoms with E-state index >= 15 is 0 Å². The van der Waals surface area contributed by atoms with Gasteiger partial charge in [0.25, 0.3) is 0 Å². The van der Waals surface area contributed by atoms with Gasteiger partial charge in [-0.2, -0.15) is 0 Å². The second kappa shape index (κ2) is 2.17. The molecule has 48 valence electrons. The van der Waals surface area contributed by atoms with Crippen LogP contribution in [0.5, 0.6) is 0 Å². The van der Waals surface area contributed by atoms with E-state index in [1.807, 2.05) is 0 Å². The summed E-state index contributed by atoms with van der Waals surface area (Å²) in [6, 6.07) is 1.43. The van der Waals surface area contributed by atoms with Crippen LogP contribution in [0.4, 0.5) is 0 Å². The fourth-order valence-corrected chi connectivity index (χ4v) is 0.449. The lowest BCUT2D eigenvalue weighted by atomic mass is 10.7. The third kappa shape index (κ3) is 1.18. The molecule has 0 atom stereocenters. The molecule has 3 N–H and O–H groups in total. The minimum absolute atomic E-state index is 0.138. The second-order valence-corrected chi connectivity index (χ2v) is 1.42. The van der Waals surface area contributed by atoms with E-state index in [0.717, 1.165) is 0 Å². The van der Waals surface area contributed by atoms with Crippen molar-refractivity contribution in [3.8, 4) is 0 Å². The summed E-state index contributed by atoms with van der Waals surface area (Å²) in [4.78, 5) is 14.9. The van der Waals surface area contributed by atoms with Gasteiger partial charge >= 0.3 is 5.69 Å². The molecule has 1 rings (SSSR count). The second-order valence-electron chi connectivity index (χ2n) is 1.42. The Morgan fingerprint density at radius 3 is 2.89 bits per heavy atom. The molecule has 0 aromatic carbocycles. The molecule has 1 heterocycles. The zero-order valence-corrected chi connectivity index (χ0v) is 4.46. The molecule has 1 aromatic heterocycles. The molecule has 0 amide bonds. The molecular weight excluding hydrogens is 122 g/mol. The number of aromatic amines is 2. The van der Waals surface area contributed by atoms with Gasteiger partial charge in [0.2, 0.25) is 0 Å². The van der Waals surface area contributed by atoms with Gasteiger partial charge in [0.1, 0.15) is 0 Å². The Balaban J connectivity index is 3.42. The molecule has 0 aliphatic heterocycles. The van der Waals surface area contributed by atoms with Crippen LogP contribution in [0, 0.1) is 0 Å². The normalized spacial score (nSPS) is 11.8. The summed E-state index contributed by atoms with van der Waals surface area (Å²) in [5.74, 6) is 0. The monoisotopic (exact) mass is 127 g/mol. The molecule has 0 fully saturated rings. The molecule has 9 heavy (non-hydrogen) atoms. The Morgan fingerprint density at radius 1 is 1.67 bits per heavy atom. The summed E-state index contributed by atoms with van der Waals surface area (Å²) in [5.41, 5.74) is -0.260. The lowest BCUT2D eigenvalue weighted by molar-refractivity contribution is 0.298. The Bertz CT molecular complexity index is 297. The molecule has 0 bridgehead atoms. The van der Waals surface area contributed by atoms with Gasteiger partial charge in [-0.05, 0) is 0 Å². The Morgan fingerprint density at radius 2 is 2.44 bits per heavy atom. The first-order chi connectivity index (χ1) is 4.33. The molecule has 1 aromatic rings. The molecule has 5 nitrogen and oxygen atoms in total. The van der Waals surface area contributed by atoms with Crippen molar-refractivity contribution in [2.75, 3.05) is 0 Å². The average molecular weight is 127 g/mol. The van der Waals surface area contributed by atoms with Gasteiger partial charge < -0.3 is 10.2 Å². The molecule has 0 saturated carbocycles. The molecule has 5 heteroatoms. The third-order valence-electron chi connectivity index (χ3n) is 0.805. The first-order valence-corrected chi connectivity index (χ1v) is 2.29. The summed E-state index contributed by atoms with van der Waals surface area (Å²) >= 11 is 0. The number of nitrogens with zero attached hydrogens (tertiary/aromatic N) is 1. The largest absolute Gasteiger partial charge is 0.409 e. The first-order valence-electron chi connectivity index (χ1n) is 2.29. The van der Waals surface area contributed by atoms with Crippen molar-refractivity contribution in [1.29, 1.82) is 0 Å². The van der Waals surface area contributed by atoms with Crippen LogP contribution in [0.1, 0.15) is 0 Å². The van der Waals surface area contributed by atoms with E-state index in [4.69, 9.17) is 5.21 Å². The van der Waals surface area contributed by atoms with Crippen LogP contribution in [0.15, 0.2) is 22.2 Å². The summed E-state index contributed by atoms with van der Waals surface area (Å²) in [6.45, 7) is 0. The van der Waals surface area contributed by atoms with Crippen molar-refractivity contribution >= 4 is 0 Å². The topological polar surface area (TPSA) is 81.2 Å². The van der Waals surface area contributed by atoms with E-state index in [-0.39, 0.29) is 5.49 Å². The van der Waals surface area contributed by atoms with Crippen molar-refractivity contribution in [2.24, 2.45) is 5.16 Å². The minimum Gasteiger partial charge on any atom is -0.409 e. The van der Waals surface area contributed by atoms with Gasteiger partial charge in [-0.1, -0.05) is 5.16 Å². The van der Waals surface area contributed by atoms with Crippen molar-refractivity contribution < 1.29 is 5.21 Å². The average Bonchev–Trinajstić information content (AvgIpc) is 1.88. The maximum absolute atomic E-state index is 10.4. The minimum atomic E-state index is -0.398. The quantitative estimate of drug-likeness (QED) is 0.308. The van der Waals surface area contributed by atoms with Gasteiger partial charge in [0, 0.05) is 12.3 Å². The summed E-state index contributed by atoms with van der Waals surface area (Å²) in [6.07, 6.45) is 1.38. The zero-order valence-electron chi connectivity index (χ0n) is 4.46. The van der Waals surface area contributed by atoms with E-state index in [2.05, 4.69) is 15.1 Å². The van der Waals surface area contributed by atoms with Crippen LogP contribution in [0.3, 0.4) is 0 Å². The lowest BCUT2D eigenvalue weighted by Crippen LogP contribution is -2.20. The highest BCUT2D eigenvalue weighted by atomic mass is 16.4. The van der Waals surface area contributed by atoms with Crippen LogP contribution in [0.25, 0.3) is 0 Å². The Labute approximate surface area is 49.7 Å².